The maximum atomic E-state index is 5.20. The minimum absolute atomic E-state index is 0.619. The van der Waals surface area contributed by atoms with Crippen LogP contribution in [0.5, 0.6) is 5.75 Å². The number of nitrogens with one attached hydrogen (secondary N) is 1. The van der Waals surface area contributed by atoms with Crippen LogP contribution in [0.15, 0.2) is 16.4 Å². The molecular weight excluding hydrogens is 302 g/mol. The molecule has 3 heterocycles. The van der Waals surface area contributed by atoms with Crippen molar-refractivity contribution in [3.63, 3.8) is 0 Å². The summed E-state index contributed by atoms with van der Waals surface area (Å²) in [5.74, 6) is 1.50. The van der Waals surface area contributed by atoms with Gasteiger partial charge in [0.05, 0.1) is 19.0 Å². The van der Waals surface area contributed by atoms with Crippen LogP contribution in [0.1, 0.15) is 31.8 Å². The molecule has 0 aliphatic rings. The van der Waals surface area contributed by atoms with Crippen molar-refractivity contribution in [2.75, 3.05) is 7.11 Å². The van der Waals surface area contributed by atoms with Gasteiger partial charge in [-0.3, -0.25) is 5.10 Å². The average molecular weight is 319 g/mol. The third-order valence-corrected chi connectivity index (χ3v) is 3.92. The van der Waals surface area contributed by atoms with E-state index in [2.05, 4.69) is 36.8 Å². The number of ether oxygens (including phenoxy) is 1. The summed E-state index contributed by atoms with van der Waals surface area (Å²) in [6, 6.07) is 0. The lowest BCUT2D eigenvalue weighted by Gasteiger charge is -1.95. The van der Waals surface area contributed by atoms with Crippen molar-refractivity contribution in [2.45, 2.75) is 33.1 Å². The summed E-state index contributed by atoms with van der Waals surface area (Å²) in [6.45, 7) is 4.15. The van der Waals surface area contributed by atoms with Gasteiger partial charge in [-0.1, -0.05) is 20.3 Å². The van der Waals surface area contributed by atoms with Crippen LogP contribution in [0.4, 0.5) is 10.7 Å². The monoisotopic (exact) mass is 319 g/mol. The van der Waals surface area contributed by atoms with Crippen molar-refractivity contribution in [1.82, 2.24) is 24.2 Å². The average Bonchev–Trinajstić information content (AvgIpc) is 3.20. The van der Waals surface area contributed by atoms with Gasteiger partial charge in [0.25, 0.3) is 0 Å². The summed E-state index contributed by atoms with van der Waals surface area (Å²) in [7, 11) is 1.59. The molecule has 3 aromatic heterocycles. The van der Waals surface area contributed by atoms with Gasteiger partial charge in [-0.05, 0) is 18.0 Å². The first-order valence-corrected chi connectivity index (χ1v) is 7.91. The molecule has 0 aliphatic carbocycles. The molecule has 0 saturated heterocycles. The van der Waals surface area contributed by atoms with E-state index in [1.165, 1.54) is 11.5 Å². The standard InChI is InChI=1S/C13H17N7OS/c1-4-6-8-11(12-17-15-10(5-2)20(12)19-8)16-18-13-9(21-3)7-14-22-13/h7,17H,4-6H2,1-3H3. The van der Waals surface area contributed by atoms with Gasteiger partial charge in [0.15, 0.2) is 22.9 Å². The molecule has 0 atom stereocenters. The molecule has 0 radical (unpaired) electrons. The lowest BCUT2D eigenvalue weighted by Crippen LogP contribution is -1.94. The molecule has 116 valence electrons. The predicted octanol–water partition coefficient (Wildman–Crippen LogP) is 3.45. The van der Waals surface area contributed by atoms with E-state index in [1.54, 1.807) is 13.3 Å². The number of rotatable bonds is 6. The highest BCUT2D eigenvalue weighted by Gasteiger charge is 2.17. The van der Waals surface area contributed by atoms with Gasteiger partial charge in [-0.2, -0.15) is 19.1 Å². The Balaban J connectivity index is 2.04. The molecular formula is C13H17N7OS. The first-order chi connectivity index (χ1) is 10.8. The van der Waals surface area contributed by atoms with Crippen molar-refractivity contribution >= 4 is 27.9 Å². The highest BCUT2D eigenvalue weighted by molar-refractivity contribution is 7.10. The molecule has 3 aromatic rings. The van der Waals surface area contributed by atoms with Crippen LogP contribution in [0.2, 0.25) is 0 Å². The van der Waals surface area contributed by atoms with Gasteiger partial charge in [-0.15, -0.1) is 10.2 Å². The quantitative estimate of drug-likeness (QED) is 0.704. The molecule has 0 spiro atoms. The van der Waals surface area contributed by atoms with Crippen molar-refractivity contribution in [2.24, 2.45) is 10.2 Å². The van der Waals surface area contributed by atoms with Gasteiger partial charge in [0.1, 0.15) is 0 Å². The van der Waals surface area contributed by atoms with Crippen LogP contribution in [0.25, 0.3) is 5.65 Å². The summed E-state index contributed by atoms with van der Waals surface area (Å²) in [5, 5.41) is 21.1. The lowest BCUT2D eigenvalue weighted by molar-refractivity contribution is 0.416. The maximum Gasteiger partial charge on any atom is 0.200 e. The summed E-state index contributed by atoms with van der Waals surface area (Å²) >= 11 is 1.24. The Bertz CT molecular complexity index is 801. The molecule has 0 amide bonds. The Morgan fingerprint density at radius 2 is 2.23 bits per heavy atom. The van der Waals surface area contributed by atoms with Crippen molar-refractivity contribution in [3.05, 3.63) is 17.7 Å². The van der Waals surface area contributed by atoms with Gasteiger partial charge < -0.3 is 4.74 Å². The zero-order valence-electron chi connectivity index (χ0n) is 12.7. The number of azo groups is 1. The van der Waals surface area contributed by atoms with Crippen molar-refractivity contribution < 1.29 is 4.74 Å². The Morgan fingerprint density at radius 3 is 2.95 bits per heavy atom. The van der Waals surface area contributed by atoms with Gasteiger partial charge in [0.2, 0.25) is 5.00 Å². The van der Waals surface area contributed by atoms with Crippen LogP contribution in [-0.2, 0) is 12.8 Å². The van der Waals surface area contributed by atoms with Crippen LogP contribution < -0.4 is 4.74 Å². The third-order valence-electron chi connectivity index (χ3n) is 3.25. The Morgan fingerprint density at radius 1 is 1.36 bits per heavy atom. The first kappa shape index (κ1) is 14.6. The number of hydrogen-bond donors (Lipinski definition) is 1. The molecule has 0 fully saturated rings. The zero-order valence-corrected chi connectivity index (χ0v) is 13.5. The lowest BCUT2D eigenvalue weighted by atomic mass is 10.2. The number of H-pyrrole nitrogens is 1. The van der Waals surface area contributed by atoms with E-state index in [9.17, 15) is 0 Å². The fraction of sp³-hybridized carbons (Fsp3) is 0.462. The molecule has 8 nitrogen and oxygen atoms in total. The Kier molecular flexibility index (Phi) is 4.14. The number of fused-ring (bicyclic) bond motifs is 1. The topological polar surface area (TPSA) is 92.8 Å². The number of aromatic amines is 1. The minimum Gasteiger partial charge on any atom is -0.492 e. The predicted molar refractivity (Wildman–Crippen MR) is 83.6 cm³/mol. The highest BCUT2D eigenvalue weighted by atomic mass is 32.1. The Hall–Kier alpha value is -2.29. The van der Waals surface area contributed by atoms with Crippen LogP contribution in [0.3, 0.4) is 0 Å². The number of nitrogens with zero attached hydrogens (tertiary/aromatic N) is 6. The van der Waals surface area contributed by atoms with Gasteiger partial charge in [0, 0.05) is 6.42 Å². The van der Waals surface area contributed by atoms with Crippen molar-refractivity contribution in [1.29, 1.82) is 0 Å². The maximum absolute atomic E-state index is 5.20. The number of methoxy groups -OCH3 is 1. The summed E-state index contributed by atoms with van der Waals surface area (Å²) in [4.78, 5) is 0. The fourth-order valence-electron chi connectivity index (χ4n) is 2.17. The molecule has 0 bridgehead atoms. The largest absolute Gasteiger partial charge is 0.492 e. The number of hydrogen-bond acceptors (Lipinski definition) is 7. The molecule has 0 saturated carbocycles. The highest BCUT2D eigenvalue weighted by Crippen LogP contribution is 2.34. The van der Waals surface area contributed by atoms with E-state index in [0.29, 0.717) is 10.8 Å². The minimum atomic E-state index is 0.619. The molecule has 22 heavy (non-hydrogen) atoms. The fourth-order valence-corrected chi connectivity index (χ4v) is 2.73. The van der Waals surface area contributed by atoms with E-state index in [4.69, 9.17) is 4.74 Å². The third kappa shape index (κ3) is 2.47. The van der Waals surface area contributed by atoms with E-state index < -0.39 is 0 Å². The second-order valence-corrected chi connectivity index (χ2v) is 5.48. The summed E-state index contributed by atoms with van der Waals surface area (Å²) in [6.07, 6.45) is 4.26. The molecule has 3 rings (SSSR count). The Labute approximate surface area is 131 Å². The van der Waals surface area contributed by atoms with E-state index in [0.717, 1.165) is 42.1 Å². The summed E-state index contributed by atoms with van der Waals surface area (Å²) in [5.41, 5.74) is 2.41. The second kappa shape index (κ2) is 6.22. The zero-order chi connectivity index (χ0) is 15.5. The van der Waals surface area contributed by atoms with Gasteiger partial charge >= 0.3 is 0 Å². The SMILES string of the molecule is CCCc1nn2c(CC)n[nH]c2c1N=Nc1sncc1OC. The smallest absolute Gasteiger partial charge is 0.200 e. The van der Waals surface area contributed by atoms with E-state index in [1.807, 2.05) is 11.4 Å². The molecule has 9 heteroatoms. The molecule has 0 unspecified atom stereocenters. The number of aromatic nitrogens is 5. The first-order valence-electron chi connectivity index (χ1n) is 7.13. The molecule has 0 aliphatic heterocycles. The van der Waals surface area contributed by atoms with Crippen LogP contribution >= 0.6 is 11.5 Å². The van der Waals surface area contributed by atoms with E-state index >= 15 is 0 Å². The van der Waals surface area contributed by atoms with Crippen molar-refractivity contribution in [3.8, 4) is 5.75 Å². The van der Waals surface area contributed by atoms with Crippen LogP contribution in [0, 0.1) is 0 Å². The molecule has 1 N–H and O–H groups in total. The van der Waals surface area contributed by atoms with Crippen LogP contribution in [-0.4, -0.2) is 31.3 Å². The normalized spacial score (nSPS) is 11.8. The number of aryl methyl sites for hydroxylation is 2. The molecule has 0 aromatic carbocycles. The van der Waals surface area contributed by atoms with Gasteiger partial charge in [-0.25, -0.2) is 0 Å². The van der Waals surface area contributed by atoms with E-state index in [-0.39, 0.29) is 0 Å². The second-order valence-electron chi connectivity index (χ2n) is 4.70. The summed E-state index contributed by atoms with van der Waals surface area (Å²) < 4.78 is 11.1.